The highest BCUT2D eigenvalue weighted by Gasteiger charge is 2.24. The van der Waals surface area contributed by atoms with Gasteiger partial charge in [0.1, 0.15) is 11.2 Å². The summed E-state index contributed by atoms with van der Waals surface area (Å²) >= 11 is 1.78. The third-order valence-electron chi connectivity index (χ3n) is 14.0. The number of benzene rings is 11. The van der Waals surface area contributed by atoms with Crippen molar-refractivity contribution in [1.29, 1.82) is 0 Å². The third kappa shape index (κ3) is 5.86. The molecule has 0 aliphatic rings. The van der Waals surface area contributed by atoms with E-state index in [0.717, 1.165) is 81.9 Å². The molecule has 4 aromatic heterocycles. The first kappa shape index (κ1) is 38.2. The number of hydrogen-bond acceptors (Lipinski definition) is 5. The zero-order chi connectivity index (χ0) is 45.2. The lowest BCUT2D eigenvalue weighted by Gasteiger charge is -2.15. The Kier molecular flexibility index (Phi) is 8.17. The summed E-state index contributed by atoms with van der Waals surface area (Å²) in [5.74, 6) is 1.83. The monoisotopic (exact) mass is 896 g/mol. The molecule has 0 unspecified atom stereocenters. The number of rotatable bonds is 5. The van der Waals surface area contributed by atoms with Crippen LogP contribution in [0.3, 0.4) is 0 Å². The topological polar surface area (TPSA) is 56.7 Å². The Bertz CT molecular complexity index is 4620. The van der Waals surface area contributed by atoms with E-state index in [1.165, 1.54) is 47.8 Å². The van der Waals surface area contributed by atoms with Crippen LogP contribution in [0.5, 0.6) is 0 Å². The molecule has 0 atom stereocenters. The molecule has 0 amide bonds. The van der Waals surface area contributed by atoms with E-state index in [1.54, 1.807) is 11.3 Å². The SMILES string of the molecule is c1ccc(-c2cc3c(cc2-n2c4cc5ccccc5cc4c4c5ccccc5ccc42)oc2cccc(-c4nc(-c5ccc6ccccc6c5)nc(-c5cccc6c5sc5ccccc56)n4)c23)cc1. The molecule has 0 bridgehead atoms. The summed E-state index contributed by atoms with van der Waals surface area (Å²) in [4.78, 5) is 16.1. The average Bonchev–Trinajstić information content (AvgIpc) is 4.09. The lowest BCUT2D eigenvalue weighted by molar-refractivity contribution is 0.668. The standard InChI is InChI=1S/C63H36N4OS/c1-2-15-38(16-3-1)49-35-51-56(36-54(49)67-52-31-30-39-17-8-9-21-44(39)58(52)50-33-41-19-6-7-20-42(41)34-53(50)67)68-55-26-13-24-47(59(51)55)62-64-61(43-29-28-37-14-4-5-18-40(37)32-43)65-63(66-62)48-25-12-23-46-45-22-10-11-27-57(45)69-60(46)48/h1-36H. The molecule has 0 aliphatic heterocycles. The molecule has 0 fully saturated rings. The summed E-state index contributed by atoms with van der Waals surface area (Å²) in [5.41, 5.74) is 9.84. The summed E-state index contributed by atoms with van der Waals surface area (Å²) in [5, 5.41) is 14.0. The Hall–Kier alpha value is -8.97. The highest BCUT2D eigenvalue weighted by atomic mass is 32.1. The molecule has 0 saturated heterocycles. The van der Waals surface area contributed by atoms with Crippen molar-refractivity contribution >= 4 is 108 Å². The van der Waals surface area contributed by atoms with E-state index < -0.39 is 0 Å². The van der Waals surface area contributed by atoms with Gasteiger partial charge in [-0.2, -0.15) is 0 Å². The second kappa shape index (κ2) is 14.8. The van der Waals surface area contributed by atoms with Crippen LogP contribution in [-0.4, -0.2) is 19.5 Å². The molecule has 320 valence electrons. The fraction of sp³-hybridized carbons (Fsp3) is 0. The first-order valence-electron chi connectivity index (χ1n) is 23.2. The number of aromatic nitrogens is 4. The van der Waals surface area contributed by atoms with Crippen molar-refractivity contribution in [2.45, 2.75) is 0 Å². The smallest absolute Gasteiger partial charge is 0.165 e. The number of thiophene rings is 1. The van der Waals surface area contributed by atoms with Crippen molar-refractivity contribution in [1.82, 2.24) is 19.5 Å². The van der Waals surface area contributed by atoms with Crippen LogP contribution in [0, 0.1) is 0 Å². The lowest BCUT2D eigenvalue weighted by atomic mass is 9.98. The van der Waals surface area contributed by atoms with Gasteiger partial charge in [0.15, 0.2) is 17.5 Å². The Morgan fingerprint density at radius 3 is 1.86 bits per heavy atom. The summed E-state index contributed by atoms with van der Waals surface area (Å²) in [6.07, 6.45) is 0. The van der Waals surface area contributed by atoms with Crippen LogP contribution in [-0.2, 0) is 0 Å². The van der Waals surface area contributed by atoms with E-state index in [4.69, 9.17) is 19.4 Å². The van der Waals surface area contributed by atoms with Gasteiger partial charge in [0.05, 0.1) is 16.7 Å². The Balaban J connectivity index is 1.01. The molecule has 15 rings (SSSR count). The van der Waals surface area contributed by atoms with Crippen molar-refractivity contribution in [3.8, 4) is 51.0 Å². The van der Waals surface area contributed by atoms with Crippen LogP contribution in [0.4, 0.5) is 0 Å². The minimum atomic E-state index is 0.584. The third-order valence-corrected chi connectivity index (χ3v) is 15.2. The Labute approximate surface area is 398 Å². The second-order valence-electron chi connectivity index (χ2n) is 17.9. The zero-order valence-electron chi connectivity index (χ0n) is 36.9. The normalized spacial score (nSPS) is 12.1. The van der Waals surface area contributed by atoms with E-state index in [1.807, 2.05) is 6.07 Å². The average molecular weight is 897 g/mol. The van der Waals surface area contributed by atoms with Gasteiger partial charge in [-0.25, -0.2) is 15.0 Å². The summed E-state index contributed by atoms with van der Waals surface area (Å²) in [6, 6.07) is 78.0. The van der Waals surface area contributed by atoms with Crippen molar-refractivity contribution < 1.29 is 4.42 Å². The van der Waals surface area contributed by atoms with Crippen molar-refractivity contribution in [2.75, 3.05) is 0 Å². The number of hydrogen-bond donors (Lipinski definition) is 0. The van der Waals surface area contributed by atoms with E-state index in [9.17, 15) is 0 Å². The van der Waals surface area contributed by atoms with Gasteiger partial charge in [-0.1, -0.05) is 164 Å². The van der Waals surface area contributed by atoms with Crippen LogP contribution < -0.4 is 0 Å². The summed E-state index contributed by atoms with van der Waals surface area (Å²) in [6.45, 7) is 0. The van der Waals surface area contributed by atoms with Crippen molar-refractivity contribution in [3.05, 3.63) is 218 Å². The molecule has 4 heterocycles. The minimum absolute atomic E-state index is 0.584. The van der Waals surface area contributed by atoms with Gasteiger partial charge in [0, 0.05) is 70.0 Å². The van der Waals surface area contributed by atoms with E-state index in [-0.39, 0.29) is 0 Å². The van der Waals surface area contributed by atoms with Gasteiger partial charge < -0.3 is 8.98 Å². The van der Waals surface area contributed by atoms with Crippen LogP contribution in [0.1, 0.15) is 0 Å². The zero-order valence-corrected chi connectivity index (χ0v) is 37.7. The van der Waals surface area contributed by atoms with Gasteiger partial charge >= 0.3 is 0 Å². The Morgan fingerprint density at radius 1 is 0.348 bits per heavy atom. The maximum absolute atomic E-state index is 7.00. The van der Waals surface area contributed by atoms with Crippen molar-refractivity contribution in [3.63, 3.8) is 0 Å². The molecular weight excluding hydrogens is 861 g/mol. The molecular formula is C63H36N4OS. The quantitative estimate of drug-likeness (QED) is 0.173. The van der Waals surface area contributed by atoms with Crippen molar-refractivity contribution in [2.24, 2.45) is 0 Å². The van der Waals surface area contributed by atoms with E-state index >= 15 is 0 Å². The lowest BCUT2D eigenvalue weighted by Crippen LogP contribution is -2.00. The second-order valence-corrected chi connectivity index (χ2v) is 18.9. The maximum Gasteiger partial charge on any atom is 0.165 e. The predicted octanol–water partition coefficient (Wildman–Crippen LogP) is 17.4. The molecule has 0 radical (unpaired) electrons. The minimum Gasteiger partial charge on any atom is -0.456 e. The van der Waals surface area contributed by atoms with Gasteiger partial charge in [0.25, 0.3) is 0 Å². The fourth-order valence-corrected chi connectivity index (χ4v) is 12.0. The first-order chi connectivity index (χ1) is 34.2. The highest BCUT2D eigenvalue weighted by molar-refractivity contribution is 7.26. The van der Waals surface area contributed by atoms with Crippen LogP contribution in [0.15, 0.2) is 223 Å². The first-order valence-corrected chi connectivity index (χ1v) is 24.1. The van der Waals surface area contributed by atoms with E-state index in [2.05, 4.69) is 217 Å². The molecule has 11 aromatic carbocycles. The number of fused-ring (bicyclic) bond motifs is 13. The summed E-state index contributed by atoms with van der Waals surface area (Å²) < 4.78 is 11.8. The fourth-order valence-electron chi connectivity index (χ4n) is 10.8. The van der Waals surface area contributed by atoms with Gasteiger partial charge in [-0.15, -0.1) is 11.3 Å². The molecule has 6 heteroatoms. The van der Waals surface area contributed by atoms with Crippen LogP contribution in [0.25, 0.3) is 147 Å². The van der Waals surface area contributed by atoms with Gasteiger partial charge in [0.2, 0.25) is 0 Å². The molecule has 5 nitrogen and oxygen atoms in total. The van der Waals surface area contributed by atoms with Crippen LogP contribution in [0.2, 0.25) is 0 Å². The molecule has 0 aliphatic carbocycles. The largest absolute Gasteiger partial charge is 0.456 e. The number of nitrogens with zero attached hydrogens (tertiary/aromatic N) is 4. The molecule has 0 saturated carbocycles. The Morgan fingerprint density at radius 2 is 1.00 bits per heavy atom. The number of furan rings is 1. The molecule has 0 spiro atoms. The molecule has 69 heavy (non-hydrogen) atoms. The molecule has 0 N–H and O–H groups in total. The van der Waals surface area contributed by atoms with Gasteiger partial charge in [-0.05, 0) is 86.4 Å². The molecule has 15 aromatic rings. The van der Waals surface area contributed by atoms with E-state index in [0.29, 0.717) is 17.5 Å². The summed E-state index contributed by atoms with van der Waals surface area (Å²) in [7, 11) is 0. The van der Waals surface area contributed by atoms with Gasteiger partial charge in [-0.3, -0.25) is 0 Å². The maximum atomic E-state index is 7.00. The predicted molar refractivity (Wildman–Crippen MR) is 289 cm³/mol. The van der Waals surface area contributed by atoms with Crippen LogP contribution >= 0.6 is 11.3 Å². The highest BCUT2D eigenvalue weighted by Crippen LogP contribution is 2.46.